The van der Waals surface area contributed by atoms with Crippen LogP contribution >= 0.6 is 22.6 Å². The van der Waals surface area contributed by atoms with Crippen LogP contribution in [0.4, 0.5) is 0 Å². The summed E-state index contributed by atoms with van der Waals surface area (Å²) in [5.74, 6) is 0.591. The number of hydrogen-bond acceptors (Lipinski definition) is 3. The maximum atomic E-state index is 11.4. The maximum Gasteiger partial charge on any atom is 0.312 e. The highest BCUT2D eigenvalue weighted by molar-refractivity contribution is 14.1. The van der Waals surface area contributed by atoms with E-state index in [9.17, 15) is 9.90 Å². The van der Waals surface area contributed by atoms with Crippen molar-refractivity contribution in [2.45, 2.75) is 25.7 Å². The summed E-state index contributed by atoms with van der Waals surface area (Å²) in [6, 6.07) is 3.38. The predicted molar refractivity (Wildman–Crippen MR) is 64.1 cm³/mol. The van der Waals surface area contributed by atoms with E-state index in [-0.39, 0.29) is 17.1 Å². The molecule has 0 atom stereocenters. The lowest BCUT2D eigenvalue weighted by molar-refractivity contribution is -0.136. The number of hydrogen-bond donors (Lipinski definition) is 1. The van der Waals surface area contributed by atoms with Gasteiger partial charge in [0.25, 0.3) is 0 Å². The predicted octanol–water partition coefficient (Wildman–Crippen LogP) is 2.58. The smallest absolute Gasteiger partial charge is 0.312 e. The third kappa shape index (κ3) is 1.82. The fourth-order valence-electron chi connectivity index (χ4n) is 1.77. The Labute approximate surface area is 102 Å². The van der Waals surface area contributed by atoms with E-state index in [1.165, 1.54) is 0 Å². The second-order valence-electron chi connectivity index (χ2n) is 4.33. The van der Waals surface area contributed by atoms with Gasteiger partial charge in [0.2, 0.25) is 0 Å². The molecular weight excluding hydrogens is 307 g/mol. The van der Waals surface area contributed by atoms with E-state index in [4.69, 9.17) is 4.74 Å². The molecule has 3 nitrogen and oxygen atoms in total. The molecular formula is C11H11IO3. The molecule has 1 aromatic carbocycles. The molecule has 1 aliphatic heterocycles. The number of carbonyl (C=O) groups excluding carboxylic acids is 1. The number of rotatable bonds is 0. The van der Waals surface area contributed by atoms with Crippen LogP contribution in [-0.2, 0) is 10.2 Å². The zero-order valence-electron chi connectivity index (χ0n) is 8.50. The molecule has 0 spiro atoms. The van der Waals surface area contributed by atoms with E-state index in [0.717, 1.165) is 5.56 Å². The second-order valence-corrected chi connectivity index (χ2v) is 5.50. The van der Waals surface area contributed by atoms with Gasteiger partial charge in [-0.15, -0.1) is 0 Å². The molecule has 0 aromatic heterocycles. The van der Waals surface area contributed by atoms with Crippen molar-refractivity contribution in [1.29, 1.82) is 0 Å². The molecule has 0 radical (unpaired) electrons. The topological polar surface area (TPSA) is 46.5 Å². The normalized spacial score (nSPS) is 18.2. The molecule has 1 aromatic rings. The van der Waals surface area contributed by atoms with Crippen LogP contribution in [0.2, 0.25) is 0 Å². The van der Waals surface area contributed by atoms with Gasteiger partial charge in [-0.1, -0.05) is 13.8 Å². The number of halogens is 1. The molecule has 2 rings (SSSR count). The Morgan fingerprint density at radius 3 is 2.80 bits per heavy atom. The second kappa shape index (κ2) is 3.37. The van der Waals surface area contributed by atoms with Crippen molar-refractivity contribution in [3.63, 3.8) is 0 Å². The van der Waals surface area contributed by atoms with Gasteiger partial charge in [-0.25, -0.2) is 0 Å². The summed E-state index contributed by atoms with van der Waals surface area (Å²) >= 11 is 2.01. The lowest BCUT2D eigenvalue weighted by Gasteiger charge is -2.31. The molecule has 1 heterocycles. The van der Waals surface area contributed by atoms with Crippen LogP contribution in [-0.4, -0.2) is 11.1 Å². The van der Waals surface area contributed by atoms with Crippen LogP contribution in [0.3, 0.4) is 0 Å². The van der Waals surface area contributed by atoms with Crippen molar-refractivity contribution >= 4 is 28.6 Å². The van der Waals surface area contributed by atoms with Crippen LogP contribution in [0, 0.1) is 3.57 Å². The van der Waals surface area contributed by atoms with Gasteiger partial charge in [-0.05, 0) is 34.7 Å². The summed E-state index contributed by atoms with van der Waals surface area (Å²) in [5.41, 5.74) is 0.618. The van der Waals surface area contributed by atoms with Crippen LogP contribution in [0.25, 0.3) is 0 Å². The number of fused-ring (bicyclic) bond motifs is 1. The zero-order valence-corrected chi connectivity index (χ0v) is 10.7. The van der Waals surface area contributed by atoms with E-state index in [1.54, 1.807) is 12.1 Å². The van der Waals surface area contributed by atoms with Crippen LogP contribution in [0.1, 0.15) is 25.8 Å². The van der Waals surface area contributed by atoms with Crippen LogP contribution in [0.15, 0.2) is 12.1 Å². The largest absolute Gasteiger partial charge is 0.507 e. The Morgan fingerprint density at radius 1 is 1.47 bits per heavy atom. The van der Waals surface area contributed by atoms with Gasteiger partial charge in [0.05, 0.1) is 9.99 Å². The number of benzene rings is 1. The molecule has 0 saturated carbocycles. The molecule has 1 N–H and O–H groups in total. The Hall–Kier alpha value is -0.780. The number of phenolic OH excluding ortho intramolecular Hbond substituents is 1. The van der Waals surface area contributed by atoms with Gasteiger partial charge >= 0.3 is 5.97 Å². The van der Waals surface area contributed by atoms with Gasteiger partial charge in [0.1, 0.15) is 11.5 Å². The first kappa shape index (κ1) is 10.7. The van der Waals surface area contributed by atoms with E-state index in [0.29, 0.717) is 15.7 Å². The van der Waals surface area contributed by atoms with E-state index >= 15 is 0 Å². The maximum absolute atomic E-state index is 11.4. The minimum absolute atomic E-state index is 0.214. The standard InChI is InChI=1S/C11H11IO3/c1-11(2)5-10(14)15-9-4-7(12)8(13)3-6(9)11/h3-4,13H,5H2,1-2H3. The average molecular weight is 318 g/mol. The summed E-state index contributed by atoms with van der Waals surface area (Å²) in [7, 11) is 0. The first-order valence-electron chi connectivity index (χ1n) is 4.64. The molecule has 0 saturated heterocycles. The lowest BCUT2D eigenvalue weighted by atomic mass is 9.79. The highest BCUT2D eigenvalue weighted by Gasteiger charge is 2.34. The minimum Gasteiger partial charge on any atom is -0.507 e. The third-order valence-electron chi connectivity index (χ3n) is 2.59. The molecule has 0 fully saturated rings. The van der Waals surface area contributed by atoms with Gasteiger partial charge in [-0.2, -0.15) is 0 Å². The van der Waals surface area contributed by atoms with E-state index in [1.807, 2.05) is 36.4 Å². The molecule has 0 aliphatic carbocycles. The summed E-state index contributed by atoms with van der Waals surface area (Å²) in [5, 5.41) is 9.63. The fraction of sp³-hybridized carbons (Fsp3) is 0.364. The van der Waals surface area contributed by atoms with Crippen LogP contribution in [0.5, 0.6) is 11.5 Å². The van der Waals surface area contributed by atoms with Gasteiger partial charge in [-0.3, -0.25) is 4.79 Å². The molecule has 0 amide bonds. The van der Waals surface area contributed by atoms with E-state index in [2.05, 4.69) is 0 Å². The number of esters is 1. The minimum atomic E-state index is -0.271. The summed E-state index contributed by atoms with van der Waals surface area (Å²) in [4.78, 5) is 11.4. The monoisotopic (exact) mass is 318 g/mol. The first-order chi connectivity index (χ1) is 6.90. The molecule has 15 heavy (non-hydrogen) atoms. The quantitative estimate of drug-likeness (QED) is 0.454. The van der Waals surface area contributed by atoms with Crippen LogP contribution < -0.4 is 4.74 Å². The van der Waals surface area contributed by atoms with Crippen molar-refractivity contribution in [3.05, 3.63) is 21.3 Å². The number of aromatic hydroxyl groups is 1. The molecule has 80 valence electrons. The Bertz CT molecular complexity index is 438. The highest BCUT2D eigenvalue weighted by Crippen LogP contribution is 2.42. The van der Waals surface area contributed by atoms with Crippen molar-refractivity contribution in [2.75, 3.05) is 0 Å². The van der Waals surface area contributed by atoms with Gasteiger partial charge < -0.3 is 9.84 Å². The zero-order chi connectivity index (χ0) is 11.2. The Balaban J connectivity index is 2.62. The molecule has 4 heteroatoms. The average Bonchev–Trinajstić information content (AvgIpc) is 2.07. The number of ether oxygens (including phenoxy) is 1. The lowest BCUT2D eigenvalue weighted by Crippen LogP contribution is -2.30. The van der Waals surface area contributed by atoms with Gasteiger partial charge in [0.15, 0.2) is 0 Å². The molecule has 0 unspecified atom stereocenters. The third-order valence-corrected chi connectivity index (χ3v) is 3.45. The van der Waals surface area contributed by atoms with Crippen molar-refractivity contribution in [3.8, 4) is 11.5 Å². The Kier molecular flexibility index (Phi) is 2.41. The SMILES string of the molecule is CC1(C)CC(=O)Oc2cc(I)c(O)cc21. The summed E-state index contributed by atoms with van der Waals surface area (Å²) < 4.78 is 5.84. The first-order valence-corrected chi connectivity index (χ1v) is 5.72. The van der Waals surface area contributed by atoms with Gasteiger partial charge in [0, 0.05) is 11.0 Å². The molecule has 1 aliphatic rings. The number of carbonyl (C=O) groups is 1. The summed E-state index contributed by atoms with van der Waals surface area (Å²) in [6.45, 7) is 3.94. The summed E-state index contributed by atoms with van der Waals surface area (Å²) in [6.07, 6.45) is 0.347. The van der Waals surface area contributed by atoms with Crippen molar-refractivity contribution in [1.82, 2.24) is 0 Å². The number of phenols is 1. The van der Waals surface area contributed by atoms with Crippen molar-refractivity contribution in [2.24, 2.45) is 0 Å². The Morgan fingerprint density at radius 2 is 2.13 bits per heavy atom. The fourth-order valence-corrected chi connectivity index (χ4v) is 2.21. The highest BCUT2D eigenvalue weighted by atomic mass is 127. The van der Waals surface area contributed by atoms with Crippen molar-refractivity contribution < 1.29 is 14.6 Å². The molecule has 0 bridgehead atoms. The van der Waals surface area contributed by atoms with E-state index < -0.39 is 0 Å².